The maximum absolute atomic E-state index is 13.0. The lowest BCUT2D eigenvalue weighted by atomic mass is 9.62. The molecule has 0 radical (unpaired) electrons. The molecule has 31 heavy (non-hydrogen) atoms. The van der Waals surface area contributed by atoms with Crippen LogP contribution in [0.2, 0.25) is 0 Å². The minimum Gasteiger partial charge on any atom is -0.350 e. The van der Waals surface area contributed by atoms with E-state index in [4.69, 9.17) is 0 Å². The first-order chi connectivity index (χ1) is 15.0. The topological polar surface area (TPSA) is 85.0 Å². The summed E-state index contributed by atoms with van der Waals surface area (Å²) in [6.07, 6.45) is 3.46. The Kier molecular flexibility index (Phi) is 4.01. The van der Waals surface area contributed by atoms with E-state index in [-0.39, 0.29) is 0 Å². The number of halogens is 2. The SMILES string of the molecule is Cc1nc2ccc(-c3ccn4nc(NC5CC6(CNC6)C5)ncc34)nc2n1CC(F)F. The molecule has 4 aromatic heterocycles. The number of anilines is 1. The van der Waals surface area contributed by atoms with Gasteiger partial charge in [-0.3, -0.25) is 0 Å². The number of aromatic nitrogens is 6. The van der Waals surface area contributed by atoms with Crippen molar-refractivity contribution in [2.75, 3.05) is 18.4 Å². The zero-order valence-corrected chi connectivity index (χ0v) is 17.0. The molecule has 1 aliphatic carbocycles. The van der Waals surface area contributed by atoms with Gasteiger partial charge in [-0.15, -0.1) is 5.10 Å². The fourth-order valence-corrected chi connectivity index (χ4v) is 4.84. The summed E-state index contributed by atoms with van der Waals surface area (Å²) in [4.78, 5) is 13.5. The Morgan fingerprint density at radius 1 is 1.23 bits per heavy atom. The van der Waals surface area contributed by atoms with E-state index in [0.29, 0.717) is 40.1 Å². The smallest absolute Gasteiger partial charge is 0.256 e. The number of aryl methyl sites for hydroxylation is 1. The molecular formula is C21H22F2N8. The second-order valence-corrected chi connectivity index (χ2v) is 8.69. The first-order valence-corrected chi connectivity index (χ1v) is 10.4. The van der Waals surface area contributed by atoms with Gasteiger partial charge in [-0.1, -0.05) is 0 Å². The van der Waals surface area contributed by atoms with E-state index in [1.54, 1.807) is 17.6 Å². The molecule has 5 heterocycles. The van der Waals surface area contributed by atoms with Crippen molar-refractivity contribution in [3.8, 4) is 11.3 Å². The van der Waals surface area contributed by atoms with Crippen LogP contribution in [0.5, 0.6) is 0 Å². The molecule has 8 nitrogen and oxygen atoms in total. The van der Waals surface area contributed by atoms with Crippen LogP contribution in [-0.2, 0) is 6.54 Å². The Morgan fingerprint density at radius 2 is 2.06 bits per heavy atom. The monoisotopic (exact) mass is 424 g/mol. The van der Waals surface area contributed by atoms with Crippen molar-refractivity contribution in [1.29, 1.82) is 0 Å². The van der Waals surface area contributed by atoms with Gasteiger partial charge in [0.2, 0.25) is 5.95 Å². The molecular weight excluding hydrogens is 402 g/mol. The van der Waals surface area contributed by atoms with E-state index in [1.807, 2.05) is 24.4 Å². The number of nitrogens with one attached hydrogen (secondary N) is 2. The number of nitrogens with zero attached hydrogens (tertiary/aromatic N) is 6. The maximum Gasteiger partial charge on any atom is 0.256 e. The van der Waals surface area contributed by atoms with Gasteiger partial charge >= 0.3 is 0 Å². The van der Waals surface area contributed by atoms with Gasteiger partial charge in [0, 0.05) is 30.9 Å². The first kappa shape index (κ1) is 18.6. The Bertz CT molecular complexity index is 1280. The fourth-order valence-electron chi connectivity index (χ4n) is 4.84. The van der Waals surface area contributed by atoms with Crippen molar-refractivity contribution in [2.45, 2.75) is 38.8 Å². The summed E-state index contributed by atoms with van der Waals surface area (Å²) in [5, 5.41) is 11.4. The maximum atomic E-state index is 13.0. The van der Waals surface area contributed by atoms with Gasteiger partial charge in [0.25, 0.3) is 6.43 Å². The van der Waals surface area contributed by atoms with Gasteiger partial charge in [-0.25, -0.2) is 28.2 Å². The molecule has 1 saturated carbocycles. The Morgan fingerprint density at radius 3 is 2.81 bits per heavy atom. The highest BCUT2D eigenvalue weighted by atomic mass is 19.3. The van der Waals surface area contributed by atoms with Crippen molar-refractivity contribution in [3.63, 3.8) is 0 Å². The molecule has 4 aromatic rings. The molecule has 2 N–H and O–H groups in total. The van der Waals surface area contributed by atoms with Crippen molar-refractivity contribution >= 4 is 22.6 Å². The normalized spacial score (nSPS) is 18.1. The molecule has 0 unspecified atom stereocenters. The highest BCUT2D eigenvalue weighted by Crippen LogP contribution is 2.45. The van der Waals surface area contributed by atoms with Crippen LogP contribution in [0.25, 0.3) is 27.9 Å². The van der Waals surface area contributed by atoms with Crippen LogP contribution < -0.4 is 10.6 Å². The molecule has 160 valence electrons. The van der Waals surface area contributed by atoms with Crippen molar-refractivity contribution in [1.82, 2.24) is 34.4 Å². The first-order valence-electron chi connectivity index (χ1n) is 10.4. The van der Waals surface area contributed by atoms with E-state index < -0.39 is 13.0 Å². The minimum absolute atomic E-state index is 0.414. The third-order valence-corrected chi connectivity index (χ3v) is 6.49. The highest BCUT2D eigenvalue weighted by molar-refractivity contribution is 5.82. The van der Waals surface area contributed by atoms with Crippen LogP contribution in [0.4, 0.5) is 14.7 Å². The number of hydrogen-bond acceptors (Lipinski definition) is 6. The lowest BCUT2D eigenvalue weighted by Crippen LogP contribution is -2.63. The molecule has 1 saturated heterocycles. The molecule has 1 spiro atoms. The van der Waals surface area contributed by atoms with E-state index in [9.17, 15) is 8.78 Å². The quantitative estimate of drug-likeness (QED) is 0.513. The molecule has 0 amide bonds. The zero-order valence-electron chi connectivity index (χ0n) is 17.0. The summed E-state index contributed by atoms with van der Waals surface area (Å²) in [5.41, 5.74) is 3.88. The molecule has 1 aliphatic heterocycles. The highest BCUT2D eigenvalue weighted by Gasteiger charge is 2.48. The number of rotatable bonds is 5. The molecule has 0 atom stereocenters. The Labute approximate surface area is 176 Å². The number of alkyl halides is 2. The second kappa shape index (κ2) is 6.68. The summed E-state index contributed by atoms with van der Waals surface area (Å²) in [6.45, 7) is 3.51. The average molecular weight is 424 g/mol. The van der Waals surface area contributed by atoms with E-state index in [1.165, 1.54) is 4.57 Å². The van der Waals surface area contributed by atoms with Crippen molar-refractivity contribution < 1.29 is 8.78 Å². The predicted molar refractivity (Wildman–Crippen MR) is 112 cm³/mol. The van der Waals surface area contributed by atoms with Gasteiger partial charge in [0.1, 0.15) is 11.3 Å². The lowest BCUT2D eigenvalue weighted by molar-refractivity contribution is 0.0467. The summed E-state index contributed by atoms with van der Waals surface area (Å²) >= 11 is 0. The number of pyridine rings is 1. The van der Waals surface area contributed by atoms with Gasteiger partial charge in [-0.2, -0.15) is 0 Å². The molecule has 2 fully saturated rings. The largest absolute Gasteiger partial charge is 0.350 e. The fraction of sp³-hybridized carbons (Fsp3) is 0.429. The lowest BCUT2D eigenvalue weighted by Gasteiger charge is -2.54. The summed E-state index contributed by atoms with van der Waals surface area (Å²) in [6, 6.07) is 6.00. The second-order valence-electron chi connectivity index (χ2n) is 8.69. The standard InChI is InChI=1S/C21H22F2N8/c1-12-26-16-3-2-15(28-19(16)30(12)9-18(22)23)14-4-5-31-17(14)8-25-20(29-31)27-13-6-21(7-13)10-24-11-21/h2-5,8,13,18,24H,6-7,9-11H2,1H3,(H,27,29). The zero-order chi connectivity index (χ0) is 21.2. The molecule has 2 aliphatic rings. The molecule has 0 bridgehead atoms. The average Bonchev–Trinajstić information content (AvgIpc) is 3.23. The van der Waals surface area contributed by atoms with Crippen LogP contribution in [0.1, 0.15) is 18.7 Å². The van der Waals surface area contributed by atoms with Gasteiger partial charge in [0.05, 0.1) is 24.0 Å². The van der Waals surface area contributed by atoms with Crippen LogP contribution >= 0.6 is 0 Å². The predicted octanol–water partition coefficient (Wildman–Crippen LogP) is 2.88. The Hall–Kier alpha value is -3.14. The third kappa shape index (κ3) is 3.04. The Balaban J connectivity index is 1.30. The summed E-state index contributed by atoms with van der Waals surface area (Å²) < 4.78 is 29.3. The third-order valence-electron chi connectivity index (χ3n) is 6.49. The number of imidazole rings is 1. The molecule has 10 heteroatoms. The van der Waals surface area contributed by atoms with Crippen LogP contribution in [0, 0.1) is 12.3 Å². The summed E-state index contributed by atoms with van der Waals surface area (Å²) in [7, 11) is 0. The van der Waals surface area contributed by atoms with Gasteiger partial charge < -0.3 is 15.2 Å². The number of fused-ring (bicyclic) bond motifs is 2. The van der Waals surface area contributed by atoms with Crippen LogP contribution in [0.15, 0.2) is 30.6 Å². The molecule has 6 rings (SSSR count). The van der Waals surface area contributed by atoms with E-state index in [2.05, 4.69) is 30.7 Å². The van der Waals surface area contributed by atoms with Crippen molar-refractivity contribution in [3.05, 3.63) is 36.4 Å². The minimum atomic E-state index is -2.47. The van der Waals surface area contributed by atoms with Gasteiger partial charge in [-0.05, 0) is 43.4 Å². The number of hydrogen-bond donors (Lipinski definition) is 2. The van der Waals surface area contributed by atoms with Crippen LogP contribution in [-0.4, -0.2) is 54.7 Å². The van der Waals surface area contributed by atoms with E-state index in [0.717, 1.165) is 37.0 Å². The van der Waals surface area contributed by atoms with Crippen LogP contribution in [0.3, 0.4) is 0 Å². The summed E-state index contributed by atoms with van der Waals surface area (Å²) in [5.74, 6) is 1.13. The van der Waals surface area contributed by atoms with Gasteiger partial charge in [0.15, 0.2) is 5.65 Å². The van der Waals surface area contributed by atoms with Crippen molar-refractivity contribution in [2.24, 2.45) is 5.41 Å². The molecule has 0 aromatic carbocycles. The van der Waals surface area contributed by atoms with E-state index >= 15 is 0 Å².